The maximum Gasteiger partial charge on any atom is 0.490 e. The van der Waals surface area contributed by atoms with Gasteiger partial charge in [0.15, 0.2) is 0 Å². The molecule has 1 aromatic carbocycles. The zero-order valence-electron chi connectivity index (χ0n) is 17.2. The molecule has 0 spiro atoms. The lowest BCUT2D eigenvalue weighted by Crippen LogP contribution is -2.21. The van der Waals surface area contributed by atoms with Gasteiger partial charge in [-0.25, -0.2) is 9.78 Å². The van der Waals surface area contributed by atoms with Crippen molar-refractivity contribution in [2.24, 2.45) is 7.05 Å². The van der Waals surface area contributed by atoms with Crippen LogP contribution in [0.4, 0.5) is 19.0 Å². The number of carbonyl (C=O) groups excluding carboxylic acids is 1. The summed E-state index contributed by atoms with van der Waals surface area (Å²) in [4.78, 5) is 37.0. The highest BCUT2D eigenvalue weighted by Crippen LogP contribution is 2.23. The lowest BCUT2D eigenvalue weighted by molar-refractivity contribution is -0.192. The van der Waals surface area contributed by atoms with Crippen molar-refractivity contribution >= 4 is 44.5 Å². The van der Waals surface area contributed by atoms with Crippen molar-refractivity contribution < 1.29 is 32.6 Å². The number of nitrogens with zero attached hydrogens (tertiary/aromatic N) is 2. The Morgan fingerprint density at radius 2 is 1.88 bits per heavy atom. The molecule has 12 heteroatoms. The zero-order chi connectivity index (χ0) is 24.6. The van der Waals surface area contributed by atoms with Gasteiger partial charge in [-0.05, 0) is 30.7 Å². The number of fused-ring (bicyclic) bond motifs is 1. The molecule has 2 aromatic heterocycles. The third-order valence-electron chi connectivity index (χ3n) is 4.15. The molecule has 2 N–H and O–H groups in total. The average molecular weight is 530 g/mol. The fraction of sp³-hybridized carbons (Fsp3) is 0.238. The standard InChI is InChI=1S/C19H18BrN3O3.C2HF3O2/c1-23-15-6-3-2-5-14(15)16(12-19(23)25)26-10-4-7-18(24)22-17-11-13(20)8-9-21-17;3-2(4,5)1(6)7/h2-3,5-6,8-9,11-12H,4,7,10H2,1H3,(H,21,22,24);(H,6,7). The molecule has 0 bridgehead atoms. The Balaban J connectivity index is 0.000000479. The lowest BCUT2D eigenvalue weighted by atomic mass is 10.2. The number of para-hydroxylation sites is 1. The molecule has 0 aliphatic rings. The van der Waals surface area contributed by atoms with Gasteiger partial charge in [-0.15, -0.1) is 0 Å². The summed E-state index contributed by atoms with van der Waals surface area (Å²) in [5.74, 6) is -1.85. The van der Waals surface area contributed by atoms with E-state index in [1.54, 1.807) is 29.9 Å². The molecule has 0 atom stereocenters. The maximum absolute atomic E-state index is 12.0. The molecule has 2 heterocycles. The summed E-state index contributed by atoms with van der Waals surface area (Å²) in [5.41, 5.74) is 0.686. The molecule has 0 saturated heterocycles. The monoisotopic (exact) mass is 529 g/mol. The number of aryl methyl sites for hydroxylation is 1. The van der Waals surface area contributed by atoms with Crippen LogP contribution < -0.4 is 15.6 Å². The van der Waals surface area contributed by atoms with E-state index in [4.69, 9.17) is 14.6 Å². The van der Waals surface area contributed by atoms with Crippen LogP contribution in [0.3, 0.4) is 0 Å². The highest BCUT2D eigenvalue weighted by atomic mass is 79.9. The lowest BCUT2D eigenvalue weighted by Gasteiger charge is -2.11. The third-order valence-corrected chi connectivity index (χ3v) is 4.65. The van der Waals surface area contributed by atoms with Crippen molar-refractivity contribution in [3.8, 4) is 5.75 Å². The fourth-order valence-electron chi connectivity index (χ4n) is 2.59. The van der Waals surface area contributed by atoms with Crippen LogP contribution in [0.2, 0.25) is 0 Å². The van der Waals surface area contributed by atoms with Gasteiger partial charge in [-0.1, -0.05) is 28.1 Å². The van der Waals surface area contributed by atoms with Gasteiger partial charge >= 0.3 is 12.1 Å². The quantitative estimate of drug-likeness (QED) is 0.464. The van der Waals surface area contributed by atoms with E-state index in [1.807, 2.05) is 24.3 Å². The van der Waals surface area contributed by atoms with E-state index in [0.717, 1.165) is 15.4 Å². The van der Waals surface area contributed by atoms with Gasteiger partial charge in [0, 0.05) is 35.6 Å². The molecular weight excluding hydrogens is 511 g/mol. The van der Waals surface area contributed by atoms with Gasteiger partial charge in [0.05, 0.1) is 12.1 Å². The van der Waals surface area contributed by atoms with Gasteiger partial charge in [0.1, 0.15) is 11.6 Å². The molecule has 3 aromatic rings. The Kier molecular flexibility index (Phi) is 8.97. The Morgan fingerprint density at radius 1 is 1.21 bits per heavy atom. The van der Waals surface area contributed by atoms with Gasteiger partial charge < -0.3 is 19.7 Å². The second-order valence-corrected chi connectivity index (χ2v) is 7.50. The highest BCUT2D eigenvalue weighted by molar-refractivity contribution is 9.10. The van der Waals surface area contributed by atoms with Crippen LogP contribution in [0.5, 0.6) is 5.75 Å². The Morgan fingerprint density at radius 3 is 2.52 bits per heavy atom. The minimum Gasteiger partial charge on any atom is -0.493 e. The van der Waals surface area contributed by atoms with Gasteiger partial charge in [0.25, 0.3) is 5.56 Å². The van der Waals surface area contributed by atoms with Gasteiger partial charge in [-0.2, -0.15) is 13.2 Å². The van der Waals surface area contributed by atoms with Crippen LogP contribution in [-0.4, -0.2) is 39.3 Å². The molecular formula is C21H19BrF3N3O5. The molecule has 0 aliphatic carbocycles. The number of hydrogen-bond donors (Lipinski definition) is 2. The summed E-state index contributed by atoms with van der Waals surface area (Å²) in [5, 5.41) is 10.7. The number of carboxylic acid groups (broad SMARTS) is 1. The first kappa shape index (κ1) is 25.8. The Labute approximate surface area is 194 Å². The molecule has 8 nitrogen and oxygen atoms in total. The summed E-state index contributed by atoms with van der Waals surface area (Å²) in [6.45, 7) is 0.344. The van der Waals surface area contributed by atoms with Gasteiger partial charge in [-0.3, -0.25) is 9.59 Å². The second kappa shape index (κ2) is 11.5. The molecule has 3 rings (SSSR count). The molecule has 0 unspecified atom stereocenters. The Bertz CT molecular complexity index is 1200. The molecule has 176 valence electrons. The van der Waals surface area contributed by atoms with E-state index in [-0.39, 0.29) is 11.5 Å². The highest BCUT2D eigenvalue weighted by Gasteiger charge is 2.38. The molecule has 0 radical (unpaired) electrons. The van der Waals surface area contributed by atoms with Crippen molar-refractivity contribution in [1.82, 2.24) is 9.55 Å². The van der Waals surface area contributed by atoms with Crippen LogP contribution in [0, 0.1) is 0 Å². The normalized spacial score (nSPS) is 10.8. The summed E-state index contributed by atoms with van der Waals surface area (Å²) in [6, 6.07) is 12.6. The average Bonchev–Trinajstić information content (AvgIpc) is 2.74. The smallest absolute Gasteiger partial charge is 0.490 e. The number of nitrogens with one attached hydrogen (secondary N) is 1. The van der Waals surface area contributed by atoms with E-state index in [2.05, 4.69) is 26.2 Å². The maximum atomic E-state index is 12.0. The predicted octanol–water partition coefficient (Wildman–Crippen LogP) is 4.13. The number of carboxylic acids is 1. The van der Waals surface area contributed by atoms with E-state index < -0.39 is 12.1 Å². The van der Waals surface area contributed by atoms with Crippen molar-refractivity contribution in [3.05, 3.63) is 63.5 Å². The summed E-state index contributed by atoms with van der Waals surface area (Å²) >= 11 is 3.33. The molecule has 1 amide bonds. The minimum atomic E-state index is -5.08. The van der Waals surface area contributed by atoms with Crippen LogP contribution >= 0.6 is 15.9 Å². The zero-order valence-corrected chi connectivity index (χ0v) is 18.8. The summed E-state index contributed by atoms with van der Waals surface area (Å²) in [6.07, 6.45) is -2.63. The number of benzene rings is 1. The van der Waals surface area contributed by atoms with Crippen molar-refractivity contribution in [2.45, 2.75) is 19.0 Å². The fourth-order valence-corrected chi connectivity index (χ4v) is 2.93. The van der Waals surface area contributed by atoms with Crippen molar-refractivity contribution in [2.75, 3.05) is 11.9 Å². The van der Waals surface area contributed by atoms with Crippen LogP contribution in [-0.2, 0) is 16.6 Å². The Hall–Kier alpha value is -3.41. The minimum absolute atomic E-state index is 0.128. The van der Waals surface area contributed by atoms with Crippen molar-refractivity contribution in [1.29, 1.82) is 0 Å². The second-order valence-electron chi connectivity index (χ2n) is 6.59. The van der Waals surface area contributed by atoms with E-state index in [9.17, 15) is 22.8 Å². The molecule has 0 aliphatic heterocycles. The number of aliphatic carboxylic acids is 1. The van der Waals surface area contributed by atoms with Crippen molar-refractivity contribution in [3.63, 3.8) is 0 Å². The molecule has 0 fully saturated rings. The molecule has 0 saturated carbocycles. The first-order chi connectivity index (χ1) is 15.5. The topological polar surface area (TPSA) is 111 Å². The number of rotatable bonds is 6. The SMILES string of the molecule is Cn1c(=O)cc(OCCCC(=O)Nc2cc(Br)ccn2)c2ccccc21.O=C(O)C(F)(F)F. The number of aromatic nitrogens is 2. The number of ether oxygens (including phenoxy) is 1. The third kappa shape index (κ3) is 7.90. The largest absolute Gasteiger partial charge is 0.493 e. The van der Waals surface area contributed by atoms with Crippen LogP contribution in [0.1, 0.15) is 12.8 Å². The van der Waals surface area contributed by atoms with Crippen LogP contribution in [0.25, 0.3) is 10.9 Å². The summed E-state index contributed by atoms with van der Waals surface area (Å²) < 4.78 is 39.9. The number of alkyl halides is 3. The van der Waals surface area contributed by atoms with Gasteiger partial charge in [0.2, 0.25) is 5.91 Å². The number of anilines is 1. The van der Waals surface area contributed by atoms with Crippen LogP contribution in [0.15, 0.2) is 57.9 Å². The number of hydrogen-bond acceptors (Lipinski definition) is 5. The first-order valence-electron chi connectivity index (χ1n) is 9.42. The number of amides is 1. The van der Waals surface area contributed by atoms with E-state index in [1.165, 1.54) is 6.07 Å². The molecule has 33 heavy (non-hydrogen) atoms. The number of halogens is 4. The summed E-state index contributed by atoms with van der Waals surface area (Å²) in [7, 11) is 1.73. The number of pyridine rings is 2. The van der Waals surface area contributed by atoms with E-state index in [0.29, 0.717) is 31.0 Å². The first-order valence-corrected chi connectivity index (χ1v) is 10.2. The number of carbonyl (C=O) groups is 2. The predicted molar refractivity (Wildman–Crippen MR) is 118 cm³/mol. The van der Waals surface area contributed by atoms with E-state index >= 15 is 0 Å².